The van der Waals surface area contributed by atoms with Crippen LogP contribution in [0.2, 0.25) is 0 Å². The molecule has 0 fully saturated rings. The summed E-state index contributed by atoms with van der Waals surface area (Å²) in [5.41, 5.74) is -0.616. The molecule has 0 saturated carbocycles. The van der Waals surface area contributed by atoms with Gasteiger partial charge in [0.1, 0.15) is 11.5 Å². The van der Waals surface area contributed by atoms with Crippen molar-refractivity contribution in [3.63, 3.8) is 0 Å². The topological polar surface area (TPSA) is 129 Å². The van der Waals surface area contributed by atoms with Crippen LogP contribution in [0.3, 0.4) is 0 Å². The molecular weight excluding hydrogens is 408 g/mol. The Morgan fingerprint density at radius 2 is 1.83 bits per heavy atom. The number of rotatable bonds is 5. The Bertz CT molecular complexity index is 1390. The zero-order chi connectivity index (χ0) is 21.3. The molecule has 0 aliphatic carbocycles. The number of hydrogen-bond acceptors (Lipinski definition) is 6. The standard InChI is InChI=1S/C21H16N2O6S/c24-18-16-9-8-13(20(25)22-12-14-5-4-10-29-14)11-17(16)23-21(26)19(18)30(27,28)15-6-2-1-3-7-15/h1-11H,12H2,(H,22,25)(H2,23,24,26). The molecule has 0 spiro atoms. The van der Waals surface area contributed by atoms with Gasteiger partial charge < -0.3 is 19.8 Å². The summed E-state index contributed by atoms with van der Waals surface area (Å²) in [5.74, 6) is -0.513. The zero-order valence-corrected chi connectivity index (χ0v) is 16.3. The third-order valence-corrected chi connectivity index (χ3v) is 6.34. The average molecular weight is 424 g/mol. The molecule has 30 heavy (non-hydrogen) atoms. The minimum atomic E-state index is -4.24. The van der Waals surface area contributed by atoms with E-state index in [1.54, 1.807) is 18.2 Å². The van der Waals surface area contributed by atoms with Crippen molar-refractivity contribution >= 4 is 26.6 Å². The lowest BCUT2D eigenvalue weighted by molar-refractivity contribution is 0.0948. The number of aromatic amines is 1. The van der Waals surface area contributed by atoms with Crippen LogP contribution in [0, 0.1) is 0 Å². The molecule has 2 aromatic carbocycles. The van der Waals surface area contributed by atoms with Crippen LogP contribution in [-0.4, -0.2) is 24.4 Å². The van der Waals surface area contributed by atoms with E-state index in [1.807, 2.05) is 0 Å². The molecule has 8 nitrogen and oxygen atoms in total. The number of aromatic hydroxyl groups is 1. The van der Waals surface area contributed by atoms with E-state index in [-0.39, 0.29) is 27.9 Å². The Balaban J connectivity index is 1.73. The molecule has 2 aromatic heterocycles. The Morgan fingerprint density at radius 1 is 1.07 bits per heavy atom. The number of carbonyl (C=O) groups is 1. The molecular formula is C21H16N2O6S. The number of furan rings is 1. The number of pyridine rings is 1. The predicted octanol–water partition coefficient (Wildman–Crippen LogP) is 2.59. The van der Waals surface area contributed by atoms with E-state index >= 15 is 0 Å². The van der Waals surface area contributed by atoms with Gasteiger partial charge in [-0.05, 0) is 42.5 Å². The first-order chi connectivity index (χ1) is 14.4. The lowest BCUT2D eigenvalue weighted by Crippen LogP contribution is -2.23. The smallest absolute Gasteiger partial charge is 0.271 e. The summed E-state index contributed by atoms with van der Waals surface area (Å²) in [7, 11) is -4.24. The highest BCUT2D eigenvalue weighted by molar-refractivity contribution is 7.91. The Kier molecular flexibility index (Phi) is 4.88. The van der Waals surface area contributed by atoms with E-state index in [1.165, 1.54) is 48.7 Å². The molecule has 2 heterocycles. The highest BCUT2D eigenvalue weighted by Gasteiger charge is 2.27. The van der Waals surface area contributed by atoms with Gasteiger partial charge in [0.05, 0.1) is 23.2 Å². The van der Waals surface area contributed by atoms with E-state index in [0.29, 0.717) is 5.76 Å². The number of benzene rings is 2. The number of amides is 1. The van der Waals surface area contributed by atoms with E-state index in [2.05, 4.69) is 10.3 Å². The van der Waals surface area contributed by atoms with Crippen molar-refractivity contribution in [2.75, 3.05) is 0 Å². The minimum Gasteiger partial charge on any atom is -0.506 e. The molecule has 0 bridgehead atoms. The third-order valence-electron chi connectivity index (χ3n) is 4.53. The fourth-order valence-electron chi connectivity index (χ4n) is 3.05. The maximum Gasteiger partial charge on any atom is 0.271 e. The van der Waals surface area contributed by atoms with E-state index in [0.717, 1.165) is 0 Å². The highest BCUT2D eigenvalue weighted by atomic mass is 32.2. The van der Waals surface area contributed by atoms with Gasteiger partial charge in [-0.2, -0.15) is 0 Å². The van der Waals surface area contributed by atoms with Gasteiger partial charge in [-0.3, -0.25) is 9.59 Å². The summed E-state index contributed by atoms with van der Waals surface area (Å²) in [6.07, 6.45) is 1.49. The lowest BCUT2D eigenvalue weighted by Gasteiger charge is -2.10. The van der Waals surface area contributed by atoms with Crippen molar-refractivity contribution in [3.8, 4) is 5.75 Å². The Hall–Kier alpha value is -3.85. The molecule has 0 unspecified atom stereocenters. The van der Waals surface area contributed by atoms with Crippen LogP contribution in [-0.2, 0) is 16.4 Å². The normalized spacial score (nSPS) is 11.5. The van der Waals surface area contributed by atoms with Crippen molar-refractivity contribution in [2.45, 2.75) is 16.3 Å². The SMILES string of the molecule is O=C(NCc1ccco1)c1ccc2c(O)c(S(=O)(=O)c3ccccc3)c(=O)[nH]c2c1. The van der Waals surface area contributed by atoms with Gasteiger partial charge in [-0.15, -0.1) is 0 Å². The maximum atomic E-state index is 12.8. The van der Waals surface area contributed by atoms with Crippen molar-refractivity contribution < 1.29 is 22.7 Å². The molecule has 9 heteroatoms. The molecule has 0 saturated heterocycles. The van der Waals surface area contributed by atoms with Crippen LogP contribution >= 0.6 is 0 Å². The van der Waals surface area contributed by atoms with Crippen LogP contribution in [0.15, 0.2) is 85.9 Å². The van der Waals surface area contributed by atoms with Gasteiger partial charge in [-0.1, -0.05) is 18.2 Å². The fourth-order valence-corrected chi connectivity index (χ4v) is 4.46. The van der Waals surface area contributed by atoms with Crippen LogP contribution in [0.5, 0.6) is 5.75 Å². The van der Waals surface area contributed by atoms with Gasteiger partial charge in [0.15, 0.2) is 4.90 Å². The first-order valence-electron chi connectivity index (χ1n) is 8.87. The number of carbonyl (C=O) groups excluding carboxylic acids is 1. The van der Waals surface area contributed by atoms with Crippen molar-refractivity contribution in [1.29, 1.82) is 0 Å². The summed E-state index contributed by atoms with van der Waals surface area (Å²) in [4.78, 5) is 26.5. The maximum absolute atomic E-state index is 12.8. The van der Waals surface area contributed by atoms with Gasteiger partial charge in [0.25, 0.3) is 11.5 Å². The summed E-state index contributed by atoms with van der Waals surface area (Å²) < 4.78 is 30.8. The summed E-state index contributed by atoms with van der Waals surface area (Å²) in [6, 6.07) is 14.9. The summed E-state index contributed by atoms with van der Waals surface area (Å²) in [6.45, 7) is 0.180. The number of nitrogens with one attached hydrogen (secondary N) is 2. The predicted molar refractivity (Wildman–Crippen MR) is 108 cm³/mol. The first-order valence-corrected chi connectivity index (χ1v) is 10.4. The molecule has 0 aliphatic heterocycles. The number of hydrogen-bond donors (Lipinski definition) is 3. The molecule has 4 rings (SSSR count). The van der Waals surface area contributed by atoms with Crippen LogP contribution < -0.4 is 10.9 Å². The first kappa shape index (κ1) is 19.5. The van der Waals surface area contributed by atoms with Crippen LogP contribution in [0.25, 0.3) is 10.9 Å². The highest BCUT2D eigenvalue weighted by Crippen LogP contribution is 2.31. The zero-order valence-electron chi connectivity index (χ0n) is 15.5. The largest absolute Gasteiger partial charge is 0.506 e. The molecule has 0 aliphatic rings. The molecule has 3 N–H and O–H groups in total. The third kappa shape index (κ3) is 3.46. The minimum absolute atomic E-state index is 0.103. The molecule has 0 radical (unpaired) electrons. The van der Waals surface area contributed by atoms with Crippen molar-refractivity contribution in [3.05, 3.63) is 88.6 Å². The lowest BCUT2D eigenvalue weighted by atomic mass is 10.1. The quantitative estimate of drug-likeness (QED) is 0.452. The Morgan fingerprint density at radius 3 is 2.53 bits per heavy atom. The number of aromatic nitrogens is 1. The van der Waals surface area contributed by atoms with Crippen molar-refractivity contribution in [1.82, 2.24) is 10.3 Å². The number of sulfone groups is 1. The van der Waals surface area contributed by atoms with E-state index < -0.39 is 31.9 Å². The van der Waals surface area contributed by atoms with E-state index in [4.69, 9.17) is 4.42 Å². The van der Waals surface area contributed by atoms with Gasteiger partial charge in [-0.25, -0.2) is 8.42 Å². The average Bonchev–Trinajstić information content (AvgIpc) is 3.25. The number of H-pyrrole nitrogens is 1. The second-order valence-corrected chi connectivity index (χ2v) is 8.36. The fraction of sp³-hybridized carbons (Fsp3) is 0.0476. The van der Waals surface area contributed by atoms with Crippen LogP contribution in [0.4, 0.5) is 0 Å². The molecule has 4 aromatic rings. The van der Waals surface area contributed by atoms with Crippen molar-refractivity contribution in [2.24, 2.45) is 0 Å². The van der Waals surface area contributed by atoms with Gasteiger partial charge in [0.2, 0.25) is 9.84 Å². The second-order valence-electron chi connectivity index (χ2n) is 6.47. The molecule has 0 atom stereocenters. The second kappa shape index (κ2) is 7.53. The van der Waals surface area contributed by atoms with Crippen LogP contribution in [0.1, 0.15) is 16.1 Å². The molecule has 152 valence electrons. The van der Waals surface area contributed by atoms with Gasteiger partial charge in [0, 0.05) is 10.9 Å². The monoisotopic (exact) mass is 424 g/mol. The Labute approximate surface area is 170 Å². The number of fused-ring (bicyclic) bond motifs is 1. The van der Waals surface area contributed by atoms with Gasteiger partial charge >= 0.3 is 0 Å². The molecule has 1 amide bonds. The summed E-state index contributed by atoms with van der Waals surface area (Å²) >= 11 is 0. The summed E-state index contributed by atoms with van der Waals surface area (Å²) in [5, 5.41) is 13.3. The van der Waals surface area contributed by atoms with E-state index in [9.17, 15) is 23.1 Å².